The molecular formula is C30H32O12. The largest absolute Gasteiger partial charge is 0.461 e. The van der Waals surface area contributed by atoms with E-state index in [1.165, 1.54) is 0 Å². The third-order valence-corrected chi connectivity index (χ3v) is 9.28. The van der Waals surface area contributed by atoms with E-state index in [1.807, 2.05) is 0 Å². The number of hydrogen-bond acceptors (Lipinski definition) is 12. The summed E-state index contributed by atoms with van der Waals surface area (Å²) >= 11 is 0. The molecule has 2 aromatic rings. The summed E-state index contributed by atoms with van der Waals surface area (Å²) in [5.74, 6) is -2.77. The van der Waals surface area contributed by atoms with Crippen LogP contribution in [0.3, 0.4) is 0 Å². The van der Waals surface area contributed by atoms with Gasteiger partial charge < -0.3 is 44.1 Å². The molecule has 4 bridgehead atoms. The van der Waals surface area contributed by atoms with Crippen molar-refractivity contribution in [2.45, 2.75) is 67.8 Å². The molecule has 0 spiro atoms. The highest BCUT2D eigenvalue weighted by Crippen LogP contribution is 2.73. The zero-order chi connectivity index (χ0) is 29.9. The molecule has 2 aliphatic heterocycles. The number of ether oxygens (including phenoxy) is 5. The molecule has 3 unspecified atom stereocenters. The van der Waals surface area contributed by atoms with Gasteiger partial charge in [0.1, 0.15) is 54.2 Å². The van der Waals surface area contributed by atoms with E-state index in [2.05, 4.69) is 0 Å². The van der Waals surface area contributed by atoms with Crippen molar-refractivity contribution in [3.05, 3.63) is 71.8 Å². The van der Waals surface area contributed by atoms with Gasteiger partial charge in [0, 0.05) is 12.3 Å². The monoisotopic (exact) mass is 584 g/mol. The van der Waals surface area contributed by atoms with E-state index in [9.17, 15) is 34.8 Å². The summed E-state index contributed by atoms with van der Waals surface area (Å²) in [4.78, 5) is 38.7. The Balaban J connectivity index is 1.24. The predicted octanol–water partition coefficient (Wildman–Crippen LogP) is 0.350. The number of carbonyl (C=O) groups excluding carboxylic acids is 3. The van der Waals surface area contributed by atoms with Gasteiger partial charge in [-0.25, -0.2) is 9.59 Å². The van der Waals surface area contributed by atoms with Gasteiger partial charge in [-0.1, -0.05) is 36.4 Å². The molecule has 0 radical (unpaired) electrons. The van der Waals surface area contributed by atoms with Crippen LogP contribution >= 0.6 is 0 Å². The van der Waals surface area contributed by atoms with Crippen molar-refractivity contribution in [2.75, 3.05) is 13.2 Å². The van der Waals surface area contributed by atoms with Crippen LogP contribution in [0.1, 0.15) is 40.5 Å². The molecule has 2 aromatic carbocycles. The van der Waals surface area contributed by atoms with E-state index < -0.39 is 90.5 Å². The van der Waals surface area contributed by atoms with Gasteiger partial charge in [-0.2, -0.15) is 0 Å². The molecule has 5 fully saturated rings. The zero-order valence-electron chi connectivity index (χ0n) is 22.7. The van der Waals surface area contributed by atoms with Crippen molar-refractivity contribution in [1.82, 2.24) is 0 Å². The van der Waals surface area contributed by atoms with Crippen LogP contribution in [0.5, 0.6) is 0 Å². The average molecular weight is 585 g/mol. The summed E-state index contributed by atoms with van der Waals surface area (Å²) in [6.45, 7) is 0.645. The SMILES string of the molecule is CC12C[C@@H](O)C3C[C@@]1(O[C@@H]1O[C@H](COC(=O)c4ccccc4)[C@@H](O)[C@H](O)[C@H]1O)C3(COC(=O)c1ccccc1)C(=O)O2. The van der Waals surface area contributed by atoms with Crippen LogP contribution in [0.2, 0.25) is 0 Å². The number of aliphatic hydroxyl groups is 4. The normalized spacial score (nSPS) is 40.0. The van der Waals surface area contributed by atoms with Gasteiger partial charge in [0.05, 0.1) is 17.2 Å². The first-order valence-corrected chi connectivity index (χ1v) is 13.8. The molecule has 0 aromatic heterocycles. The Bertz CT molecular complexity index is 1350. The maximum atomic E-state index is 13.5. The van der Waals surface area contributed by atoms with Crippen molar-refractivity contribution in [3.63, 3.8) is 0 Å². The molecule has 224 valence electrons. The second kappa shape index (κ2) is 10.4. The van der Waals surface area contributed by atoms with Gasteiger partial charge in [-0.05, 0) is 37.6 Å². The Kier molecular flexibility index (Phi) is 7.11. The van der Waals surface area contributed by atoms with E-state index in [1.54, 1.807) is 67.6 Å². The van der Waals surface area contributed by atoms with E-state index in [0.717, 1.165) is 0 Å². The van der Waals surface area contributed by atoms with Crippen LogP contribution in [0.15, 0.2) is 60.7 Å². The third-order valence-electron chi connectivity index (χ3n) is 9.28. The standard InChI is InChI=1S/C30H32O12/c1-28-13-19(31)18-12-30(28,29(18,27(37)42-28)15-39-25(36)17-10-6-3-7-11-17)41-26-23(34)22(33)21(32)20(40-26)14-38-24(35)16-8-4-2-5-9-16/h2-11,18-23,26,31-34H,12-15H2,1H3/t18?,19-,20-,21-,22+,23-,26+,28?,29?,30+/m1/s1. The average Bonchev–Trinajstić information content (AvgIpc) is 3.05. The minimum absolute atomic E-state index is 0.0178. The van der Waals surface area contributed by atoms with Gasteiger partial charge in [-0.15, -0.1) is 0 Å². The second-order valence-corrected chi connectivity index (χ2v) is 11.5. The topological polar surface area (TPSA) is 178 Å². The number of hydrogen-bond donors (Lipinski definition) is 4. The molecule has 2 saturated heterocycles. The van der Waals surface area contributed by atoms with Gasteiger partial charge >= 0.3 is 17.9 Å². The lowest BCUT2D eigenvalue weighted by Gasteiger charge is -2.66. The maximum Gasteiger partial charge on any atom is 0.338 e. The maximum absolute atomic E-state index is 13.5. The van der Waals surface area contributed by atoms with Crippen LogP contribution in [0, 0.1) is 11.3 Å². The number of rotatable bonds is 8. The fraction of sp³-hybridized carbons (Fsp3) is 0.500. The molecule has 3 aliphatic carbocycles. The molecule has 7 rings (SSSR count). The summed E-state index contributed by atoms with van der Waals surface area (Å²) in [7, 11) is 0. The summed E-state index contributed by atoms with van der Waals surface area (Å²) in [6, 6.07) is 16.3. The van der Waals surface area contributed by atoms with Gasteiger partial charge in [0.15, 0.2) is 6.29 Å². The van der Waals surface area contributed by atoms with Crippen molar-refractivity contribution >= 4 is 17.9 Å². The predicted molar refractivity (Wildman–Crippen MR) is 140 cm³/mol. The molecule has 0 amide bonds. The first-order valence-electron chi connectivity index (χ1n) is 13.8. The van der Waals surface area contributed by atoms with Gasteiger partial charge in [0.25, 0.3) is 0 Å². The van der Waals surface area contributed by atoms with Crippen molar-refractivity contribution in [2.24, 2.45) is 11.3 Å². The minimum Gasteiger partial charge on any atom is -0.461 e. The van der Waals surface area contributed by atoms with Crippen LogP contribution in [0.4, 0.5) is 0 Å². The quantitative estimate of drug-likeness (QED) is 0.248. The van der Waals surface area contributed by atoms with E-state index in [0.29, 0.717) is 0 Å². The lowest BCUT2D eigenvalue weighted by Crippen LogP contribution is -2.80. The molecule has 2 heterocycles. The van der Waals surface area contributed by atoms with E-state index in [4.69, 9.17) is 23.7 Å². The minimum atomic E-state index is -1.76. The highest BCUT2D eigenvalue weighted by atomic mass is 16.7. The van der Waals surface area contributed by atoms with Crippen LogP contribution in [0.25, 0.3) is 0 Å². The fourth-order valence-corrected chi connectivity index (χ4v) is 6.99. The summed E-state index contributed by atoms with van der Waals surface area (Å²) < 4.78 is 28.8. The number of esters is 3. The number of benzene rings is 2. The molecule has 12 nitrogen and oxygen atoms in total. The summed E-state index contributed by atoms with van der Waals surface area (Å²) in [6.07, 6.45) is -8.87. The molecule has 4 N–H and O–H groups in total. The van der Waals surface area contributed by atoms with Crippen LogP contribution in [-0.2, 0) is 28.5 Å². The lowest BCUT2D eigenvalue weighted by molar-refractivity contribution is -0.394. The molecule has 42 heavy (non-hydrogen) atoms. The first kappa shape index (κ1) is 28.7. The fourth-order valence-electron chi connectivity index (χ4n) is 6.99. The number of fused-ring (bicyclic) bond motifs is 1. The Morgan fingerprint density at radius 2 is 1.45 bits per heavy atom. The van der Waals surface area contributed by atoms with Crippen molar-refractivity contribution < 1.29 is 58.5 Å². The van der Waals surface area contributed by atoms with Crippen molar-refractivity contribution in [3.8, 4) is 0 Å². The lowest BCUT2D eigenvalue weighted by atomic mass is 9.40. The first-order chi connectivity index (χ1) is 20.0. The molecule has 5 aliphatic rings. The molecule has 10 atom stereocenters. The Morgan fingerprint density at radius 3 is 2.07 bits per heavy atom. The number of carbonyl (C=O) groups is 3. The van der Waals surface area contributed by atoms with Gasteiger partial charge in [-0.3, -0.25) is 4.79 Å². The summed E-state index contributed by atoms with van der Waals surface area (Å²) in [5, 5.41) is 43.0. The smallest absolute Gasteiger partial charge is 0.338 e. The highest BCUT2D eigenvalue weighted by Gasteiger charge is 2.88. The van der Waals surface area contributed by atoms with E-state index >= 15 is 0 Å². The van der Waals surface area contributed by atoms with E-state index in [-0.39, 0.29) is 24.0 Å². The molecule has 3 saturated carbocycles. The Labute approximate surface area is 240 Å². The summed E-state index contributed by atoms with van der Waals surface area (Å²) in [5.41, 5.74) is -4.00. The number of aliphatic hydroxyl groups excluding tert-OH is 4. The highest BCUT2D eigenvalue weighted by molar-refractivity contribution is 5.91. The Morgan fingerprint density at radius 1 is 0.857 bits per heavy atom. The third kappa shape index (κ3) is 4.16. The van der Waals surface area contributed by atoms with Gasteiger partial charge in [0.2, 0.25) is 0 Å². The zero-order valence-corrected chi connectivity index (χ0v) is 22.7. The second-order valence-electron chi connectivity index (χ2n) is 11.5. The van der Waals surface area contributed by atoms with Crippen LogP contribution < -0.4 is 0 Å². The Hall–Kier alpha value is -3.39. The van der Waals surface area contributed by atoms with Crippen LogP contribution in [-0.4, -0.2) is 99.6 Å². The molecular weight excluding hydrogens is 552 g/mol. The molecule has 12 heteroatoms. The van der Waals surface area contributed by atoms with Crippen molar-refractivity contribution in [1.29, 1.82) is 0 Å².